The van der Waals surface area contributed by atoms with Crippen molar-refractivity contribution in [2.75, 3.05) is 37.8 Å². The Labute approximate surface area is 83.5 Å². The quantitative estimate of drug-likeness (QED) is 0.623. The van der Waals surface area contributed by atoms with Crippen molar-refractivity contribution in [1.82, 2.24) is 5.01 Å². The van der Waals surface area contributed by atoms with Crippen molar-refractivity contribution in [3.63, 3.8) is 0 Å². The Morgan fingerprint density at radius 1 is 1.38 bits per heavy atom. The molecule has 0 N–H and O–H groups in total. The van der Waals surface area contributed by atoms with Gasteiger partial charge in [0.25, 0.3) is 0 Å². The van der Waals surface area contributed by atoms with Gasteiger partial charge < -0.3 is 4.74 Å². The van der Waals surface area contributed by atoms with Crippen LogP contribution in [0.4, 0.5) is 0 Å². The molecule has 2 aliphatic heterocycles. The molecule has 0 radical (unpaired) electrons. The lowest BCUT2D eigenvalue weighted by Gasteiger charge is -2.23. The molecule has 0 bridgehead atoms. The smallest absolute Gasteiger partial charge is 0.0659 e. The average molecular weight is 200 g/mol. The van der Waals surface area contributed by atoms with Gasteiger partial charge in [0.05, 0.1) is 26.3 Å². The van der Waals surface area contributed by atoms with E-state index >= 15 is 0 Å². The van der Waals surface area contributed by atoms with E-state index in [0.717, 1.165) is 26.3 Å². The summed E-state index contributed by atoms with van der Waals surface area (Å²) >= 11 is 2.03. The molecule has 0 aromatic rings. The van der Waals surface area contributed by atoms with E-state index in [9.17, 15) is 0 Å². The third-order valence-electron chi connectivity index (χ3n) is 2.39. The standard InChI is InChI=1S/C9H16N2OS/c1-6-13-8-9(1)7-10-11-2-4-12-5-3-11/h7,9H,1-6,8H2/b10-7+. The molecule has 0 aromatic carbocycles. The van der Waals surface area contributed by atoms with E-state index in [0.29, 0.717) is 5.92 Å². The van der Waals surface area contributed by atoms with E-state index in [4.69, 9.17) is 4.74 Å². The molecular formula is C9H16N2OS. The fourth-order valence-electron chi connectivity index (χ4n) is 1.53. The zero-order valence-corrected chi connectivity index (χ0v) is 8.63. The predicted octanol–water partition coefficient (Wildman–Crippen LogP) is 1.06. The molecule has 4 heteroatoms. The zero-order valence-electron chi connectivity index (χ0n) is 7.82. The first kappa shape index (κ1) is 9.34. The van der Waals surface area contributed by atoms with Gasteiger partial charge in [-0.1, -0.05) is 0 Å². The van der Waals surface area contributed by atoms with Crippen LogP contribution in [0.2, 0.25) is 0 Å². The first-order valence-corrected chi connectivity index (χ1v) is 6.05. The van der Waals surface area contributed by atoms with Gasteiger partial charge in [0, 0.05) is 17.9 Å². The minimum atomic E-state index is 0.716. The van der Waals surface area contributed by atoms with E-state index in [1.807, 2.05) is 11.8 Å². The molecule has 1 atom stereocenters. The molecule has 13 heavy (non-hydrogen) atoms. The van der Waals surface area contributed by atoms with Crippen LogP contribution in [-0.2, 0) is 4.74 Å². The second-order valence-corrected chi connectivity index (χ2v) is 4.60. The molecule has 0 aliphatic carbocycles. The van der Waals surface area contributed by atoms with Crippen molar-refractivity contribution in [3.8, 4) is 0 Å². The van der Waals surface area contributed by atoms with Gasteiger partial charge in [-0.05, 0) is 12.2 Å². The minimum Gasteiger partial charge on any atom is -0.378 e. The first-order valence-electron chi connectivity index (χ1n) is 4.90. The van der Waals surface area contributed by atoms with E-state index < -0.39 is 0 Å². The third kappa shape index (κ3) is 2.88. The Kier molecular flexibility index (Phi) is 3.49. The first-order chi connectivity index (χ1) is 6.45. The third-order valence-corrected chi connectivity index (χ3v) is 3.58. The maximum atomic E-state index is 5.25. The summed E-state index contributed by atoms with van der Waals surface area (Å²) in [6.07, 6.45) is 3.43. The summed E-state index contributed by atoms with van der Waals surface area (Å²) in [4.78, 5) is 0. The van der Waals surface area contributed by atoms with Crippen LogP contribution < -0.4 is 0 Å². The lowest BCUT2D eigenvalue weighted by atomic mass is 10.1. The largest absolute Gasteiger partial charge is 0.378 e. The van der Waals surface area contributed by atoms with Gasteiger partial charge in [-0.2, -0.15) is 16.9 Å². The highest BCUT2D eigenvalue weighted by atomic mass is 32.2. The molecule has 0 amide bonds. The van der Waals surface area contributed by atoms with E-state index in [1.54, 1.807) is 0 Å². The zero-order chi connectivity index (χ0) is 8.93. The van der Waals surface area contributed by atoms with Crippen LogP contribution in [0.1, 0.15) is 6.42 Å². The SMILES string of the molecule is C(=N\N1CCOCC1)/C1CCSC1. The van der Waals surface area contributed by atoms with Crippen LogP contribution >= 0.6 is 11.8 Å². The Balaban J connectivity index is 1.74. The number of morpholine rings is 1. The maximum absolute atomic E-state index is 5.25. The minimum absolute atomic E-state index is 0.716. The molecule has 0 spiro atoms. The monoisotopic (exact) mass is 200 g/mol. The summed E-state index contributed by atoms with van der Waals surface area (Å²) in [6, 6.07) is 0. The summed E-state index contributed by atoms with van der Waals surface area (Å²) in [7, 11) is 0. The van der Waals surface area contributed by atoms with Crippen LogP contribution in [0.3, 0.4) is 0 Å². The number of rotatable bonds is 2. The summed E-state index contributed by atoms with van der Waals surface area (Å²) < 4.78 is 5.25. The number of hydrogen-bond donors (Lipinski definition) is 0. The van der Waals surface area contributed by atoms with Gasteiger partial charge in [0.1, 0.15) is 0 Å². The molecular weight excluding hydrogens is 184 g/mol. The fraction of sp³-hybridized carbons (Fsp3) is 0.889. The van der Waals surface area contributed by atoms with E-state index in [1.165, 1.54) is 17.9 Å². The van der Waals surface area contributed by atoms with Gasteiger partial charge in [-0.3, -0.25) is 5.01 Å². The number of nitrogens with zero attached hydrogens (tertiary/aromatic N) is 2. The van der Waals surface area contributed by atoms with E-state index in [-0.39, 0.29) is 0 Å². The fourth-order valence-corrected chi connectivity index (χ4v) is 2.72. The number of thioether (sulfide) groups is 1. The van der Waals surface area contributed by atoms with Gasteiger partial charge in [0.2, 0.25) is 0 Å². The van der Waals surface area contributed by atoms with Crippen molar-refractivity contribution in [2.45, 2.75) is 6.42 Å². The van der Waals surface area contributed by atoms with Gasteiger partial charge in [-0.15, -0.1) is 0 Å². The summed E-state index contributed by atoms with van der Waals surface area (Å²) in [5, 5.41) is 6.60. The van der Waals surface area contributed by atoms with Crippen molar-refractivity contribution in [2.24, 2.45) is 11.0 Å². The highest BCUT2D eigenvalue weighted by molar-refractivity contribution is 7.99. The van der Waals surface area contributed by atoms with Crippen LogP contribution in [0, 0.1) is 5.92 Å². The van der Waals surface area contributed by atoms with Crippen molar-refractivity contribution >= 4 is 18.0 Å². The Bertz CT molecular complexity index is 174. The maximum Gasteiger partial charge on any atom is 0.0659 e. The molecule has 2 saturated heterocycles. The second kappa shape index (κ2) is 4.86. The van der Waals surface area contributed by atoms with Crippen molar-refractivity contribution < 1.29 is 4.74 Å². The highest BCUT2D eigenvalue weighted by Gasteiger charge is 2.13. The van der Waals surface area contributed by atoms with Crippen LogP contribution in [0.5, 0.6) is 0 Å². The molecule has 0 saturated carbocycles. The topological polar surface area (TPSA) is 24.8 Å². The average Bonchev–Trinajstić information content (AvgIpc) is 2.69. The molecule has 1 unspecified atom stereocenters. The van der Waals surface area contributed by atoms with Crippen LogP contribution in [-0.4, -0.2) is 49.0 Å². The van der Waals surface area contributed by atoms with Crippen molar-refractivity contribution in [3.05, 3.63) is 0 Å². The van der Waals surface area contributed by atoms with Crippen LogP contribution in [0.15, 0.2) is 5.10 Å². The molecule has 3 nitrogen and oxygen atoms in total. The summed E-state index contributed by atoms with van der Waals surface area (Å²) in [5.41, 5.74) is 0. The Hall–Kier alpha value is -0.220. The second-order valence-electron chi connectivity index (χ2n) is 3.45. The van der Waals surface area contributed by atoms with Crippen LogP contribution in [0.25, 0.3) is 0 Å². The highest BCUT2D eigenvalue weighted by Crippen LogP contribution is 2.21. The molecule has 2 heterocycles. The Morgan fingerprint density at radius 2 is 2.23 bits per heavy atom. The lowest BCUT2D eigenvalue weighted by molar-refractivity contribution is 0.0394. The normalized spacial score (nSPS) is 30.2. The van der Waals surface area contributed by atoms with Gasteiger partial charge >= 0.3 is 0 Å². The number of ether oxygens (including phenoxy) is 1. The molecule has 2 fully saturated rings. The number of hydrogen-bond acceptors (Lipinski definition) is 4. The number of hydrazone groups is 1. The molecule has 74 valence electrons. The lowest BCUT2D eigenvalue weighted by Crippen LogP contribution is -2.32. The predicted molar refractivity (Wildman–Crippen MR) is 56.3 cm³/mol. The van der Waals surface area contributed by atoms with Gasteiger partial charge in [-0.25, -0.2) is 0 Å². The van der Waals surface area contributed by atoms with Crippen molar-refractivity contribution in [1.29, 1.82) is 0 Å². The molecule has 2 rings (SSSR count). The Morgan fingerprint density at radius 3 is 2.92 bits per heavy atom. The molecule has 2 aliphatic rings. The van der Waals surface area contributed by atoms with E-state index in [2.05, 4.69) is 16.3 Å². The summed E-state index contributed by atoms with van der Waals surface area (Å²) in [5.74, 6) is 3.28. The van der Waals surface area contributed by atoms with Gasteiger partial charge in [0.15, 0.2) is 0 Å². The summed E-state index contributed by atoms with van der Waals surface area (Å²) in [6.45, 7) is 3.57. The molecule has 0 aromatic heterocycles.